The molecule has 1 heterocycles. The summed E-state index contributed by atoms with van der Waals surface area (Å²) in [5, 5.41) is 7.58. The zero-order chi connectivity index (χ0) is 15.8. The first-order chi connectivity index (χ1) is 10.7. The van der Waals surface area contributed by atoms with Gasteiger partial charge in [0.15, 0.2) is 11.5 Å². The van der Waals surface area contributed by atoms with Gasteiger partial charge in [-0.05, 0) is 30.5 Å². The molecule has 1 aromatic heterocycles. The highest BCUT2D eigenvalue weighted by Crippen LogP contribution is 2.26. The number of carbonyl (C=O) groups excluding carboxylic acids is 1. The van der Waals surface area contributed by atoms with Crippen LogP contribution in [0.1, 0.15) is 11.8 Å². The Balaban J connectivity index is 1.72. The molecule has 2 rings (SSSR count). The molecule has 0 aliphatic rings. The van der Waals surface area contributed by atoms with Crippen LogP contribution in [0.5, 0.6) is 11.5 Å². The first kappa shape index (κ1) is 16.2. The van der Waals surface area contributed by atoms with Gasteiger partial charge in [-0.15, -0.1) is 11.3 Å². The van der Waals surface area contributed by atoms with Crippen molar-refractivity contribution in [2.75, 3.05) is 13.7 Å². The molecule has 0 spiro atoms. The summed E-state index contributed by atoms with van der Waals surface area (Å²) in [4.78, 5) is 12.8. The number of amides is 2. The lowest BCUT2D eigenvalue weighted by molar-refractivity contribution is 0.201. The number of nitrogens with one attached hydrogen (secondary N) is 2. The lowest BCUT2D eigenvalue weighted by Gasteiger charge is -2.17. The van der Waals surface area contributed by atoms with Gasteiger partial charge in [-0.25, -0.2) is 4.79 Å². The van der Waals surface area contributed by atoms with Crippen molar-refractivity contribution in [1.82, 2.24) is 10.6 Å². The number of carbonyl (C=O) groups is 1. The molecule has 2 aromatic rings. The van der Waals surface area contributed by atoms with E-state index in [9.17, 15) is 4.79 Å². The van der Waals surface area contributed by atoms with E-state index in [0.29, 0.717) is 24.6 Å². The van der Waals surface area contributed by atoms with Crippen LogP contribution in [-0.4, -0.2) is 25.8 Å². The fraction of sp³-hybridized carbons (Fsp3) is 0.312. The van der Waals surface area contributed by atoms with Gasteiger partial charge in [-0.2, -0.15) is 0 Å². The molecule has 0 aliphatic carbocycles. The van der Waals surface area contributed by atoms with Crippen molar-refractivity contribution < 1.29 is 14.3 Å². The van der Waals surface area contributed by atoms with Crippen molar-refractivity contribution >= 4 is 17.4 Å². The highest BCUT2D eigenvalue weighted by atomic mass is 32.1. The van der Waals surface area contributed by atoms with Crippen molar-refractivity contribution in [2.24, 2.45) is 0 Å². The van der Waals surface area contributed by atoms with E-state index in [2.05, 4.69) is 10.6 Å². The van der Waals surface area contributed by atoms with E-state index in [0.717, 1.165) is 4.88 Å². The second kappa shape index (κ2) is 8.29. The number of para-hydroxylation sites is 2. The van der Waals surface area contributed by atoms with E-state index in [-0.39, 0.29) is 12.1 Å². The molecule has 0 unspecified atom stereocenters. The maximum atomic E-state index is 11.7. The molecule has 0 bridgehead atoms. The molecule has 2 N–H and O–H groups in total. The lowest BCUT2D eigenvalue weighted by atomic mass is 10.3. The summed E-state index contributed by atoms with van der Waals surface area (Å²) in [5.74, 6) is 1.34. The van der Waals surface area contributed by atoms with E-state index in [4.69, 9.17) is 9.47 Å². The Bertz CT molecular complexity index is 587. The minimum atomic E-state index is -0.205. The van der Waals surface area contributed by atoms with Gasteiger partial charge in [0.05, 0.1) is 20.2 Å². The molecule has 0 aliphatic heterocycles. The van der Waals surface area contributed by atoms with Gasteiger partial charge in [0.1, 0.15) is 6.10 Å². The molecular formula is C16H20N2O3S. The van der Waals surface area contributed by atoms with E-state index in [1.807, 2.05) is 48.7 Å². The Hall–Kier alpha value is -2.21. The highest BCUT2D eigenvalue weighted by Gasteiger charge is 2.10. The molecule has 2 amide bonds. The number of thiophene rings is 1. The van der Waals surface area contributed by atoms with Crippen molar-refractivity contribution in [1.29, 1.82) is 0 Å². The molecule has 0 radical (unpaired) electrons. The summed E-state index contributed by atoms with van der Waals surface area (Å²) in [7, 11) is 1.60. The van der Waals surface area contributed by atoms with E-state index in [1.54, 1.807) is 18.4 Å². The van der Waals surface area contributed by atoms with Gasteiger partial charge in [0.25, 0.3) is 0 Å². The minimum absolute atomic E-state index is 0.163. The zero-order valence-electron chi connectivity index (χ0n) is 12.7. The summed E-state index contributed by atoms with van der Waals surface area (Å²) in [6.07, 6.45) is -0.163. The second-order valence-corrected chi connectivity index (χ2v) is 5.75. The molecule has 1 atom stereocenters. The maximum Gasteiger partial charge on any atom is 0.315 e. The van der Waals surface area contributed by atoms with E-state index >= 15 is 0 Å². The largest absolute Gasteiger partial charge is 0.493 e. The maximum absolute atomic E-state index is 11.7. The average Bonchev–Trinajstić information content (AvgIpc) is 3.05. The lowest BCUT2D eigenvalue weighted by Crippen LogP contribution is -2.40. The number of hydrogen-bond acceptors (Lipinski definition) is 4. The number of urea groups is 1. The predicted octanol–water partition coefficient (Wildman–Crippen LogP) is 3.02. The topological polar surface area (TPSA) is 59.6 Å². The molecule has 1 aromatic carbocycles. The number of rotatable bonds is 7. The molecule has 6 heteroatoms. The molecule has 0 fully saturated rings. The third-order valence-corrected chi connectivity index (χ3v) is 3.83. The smallest absolute Gasteiger partial charge is 0.315 e. The Morgan fingerprint density at radius 2 is 1.95 bits per heavy atom. The summed E-state index contributed by atoms with van der Waals surface area (Å²) in [5.41, 5.74) is 0. The highest BCUT2D eigenvalue weighted by molar-refractivity contribution is 7.09. The zero-order valence-corrected chi connectivity index (χ0v) is 13.5. The van der Waals surface area contributed by atoms with Gasteiger partial charge in [-0.1, -0.05) is 18.2 Å². The van der Waals surface area contributed by atoms with Crippen LogP contribution in [0.15, 0.2) is 41.8 Å². The normalized spacial score (nSPS) is 11.5. The van der Waals surface area contributed by atoms with Crippen LogP contribution >= 0.6 is 11.3 Å². The van der Waals surface area contributed by atoms with Crippen molar-refractivity contribution in [3.05, 3.63) is 46.7 Å². The third kappa shape index (κ3) is 4.96. The number of hydrogen-bond donors (Lipinski definition) is 2. The molecule has 22 heavy (non-hydrogen) atoms. The number of ether oxygens (including phenoxy) is 2. The van der Waals surface area contributed by atoms with Crippen LogP contribution in [0.2, 0.25) is 0 Å². The Morgan fingerprint density at radius 1 is 1.18 bits per heavy atom. The van der Waals surface area contributed by atoms with Crippen LogP contribution in [0.4, 0.5) is 4.79 Å². The van der Waals surface area contributed by atoms with Gasteiger partial charge in [0, 0.05) is 4.88 Å². The van der Waals surface area contributed by atoms with Gasteiger partial charge < -0.3 is 20.1 Å². The first-order valence-corrected chi connectivity index (χ1v) is 7.90. The average molecular weight is 320 g/mol. The fourth-order valence-corrected chi connectivity index (χ4v) is 2.50. The van der Waals surface area contributed by atoms with Gasteiger partial charge >= 0.3 is 6.03 Å². The monoisotopic (exact) mass is 320 g/mol. The molecule has 5 nitrogen and oxygen atoms in total. The van der Waals surface area contributed by atoms with Crippen LogP contribution in [0, 0.1) is 0 Å². The Kier molecular flexibility index (Phi) is 6.09. The number of methoxy groups -OCH3 is 1. The van der Waals surface area contributed by atoms with E-state index in [1.165, 1.54) is 0 Å². The first-order valence-electron chi connectivity index (χ1n) is 7.03. The summed E-state index contributed by atoms with van der Waals surface area (Å²) < 4.78 is 11.0. The molecule has 0 saturated heterocycles. The second-order valence-electron chi connectivity index (χ2n) is 4.72. The quantitative estimate of drug-likeness (QED) is 0.824. The summed E-state index contributed by atoms with van der Waals surface area (Å²) in [6.45, 7) is 2.84. The predicted molar refractivity (Wildman–Crippen MR) is 87.6 cm³/mol. The van der Waals surface area contributed by atoms with Crippen LogP contribution in [0.3, 0.4) is 0 Å². The van der Waals surface area contributed by atoms with E-state index < -0.39 is 0 Å². The standard InChI is InChI=1S/C16H20N2O3S/c1-12(21-15-8-4-3-7-14(15)20-2)10-17-16(19)18-11-13-6-5-9-22-13/h3-9,12H,10-11H2,1-2H3,(H2,17,18,19)/t12-/m0/s1. The third-order valence-electron chi connectivity index (χ3n) is 2.95. The molecular weight excluding hydrogens is 300 g/mol. The summed E-state index contributed by atoms with van der Waals surface area (Å²) >= 11 is 1.61. The SMILES string of the molecule is COc1ccccc1O[C@@H](C)CNC(=O)NCc1cccs1. The van der Waals surface area contributed by atoms with Crippen LogP contribution < -0.4 is 20.1 Å². The van der Waals surface area contributed by atoms with Crippen LogP contribution in [-0.2, 0) is 6.54 Å². The van der Waals surface area contributed by atoms with Crippen molar-refractivity contribution in [2.45, 2.75) is 19.6 Å². The van der Waals surface area contributed by atoms with Crippen molar-refractivity contribution in [3.63, 3.8) is 0 Å². The number of benzene rings is 1. The van der Waals surface area contributed by atoms with Crippen LogP contribution in [0.25, 0.3) is 0 Å². The Morgan fingerprint density at radius 3 is 2.64 bits per heavy atom. The molecule has 0 saturated carbocycles. The Labute approximate surface area is 134 Å². The van der Waals surface area contributed by atoms with Crippen molar-refractivity contribution in [3.8, 4) is 11.5 Å². The van der Waals surface area contributed by atoms with Gasteiger partial charge in [0.2, 0.25) is 0 Å². The summed E-state index contributed by atoms with van der Waals surface area (Å²) in [6, 6.07) is 11.2. The minimum Gasteiger partial charge on any atom is -0.493 e. The fourth-order valence-electron chi connectivity index (χ4n) is 1.85. The van der Waals surface area contributed by atoms with Gasteiger partial charge in [-0.3, -0.25) is 0 Å². The molecule has 118 valence electrons.